The maximum atomic E-state index is 6.19. The van der Waals surface area contributed by atoms with Gasteiger partial charge < -0.3 is 14.8 Å². The molecule has 0 aromatic carbocycles. The molecule has 2 rings (SSSR count). The van der Waals surface area contributed by atoms with Gasteiger partial charge in [0.25, 0.3) is 0 Å². The molecule has 3 nitrogen and oxygen atoms in total. The number of hydrogen-bond acceptors (Lipinski definition) is 3. The Morgan fingerprint density at radius 2 is 1.94 bits per heavy atom. The molecule has 2 heterocycles. The third-order valence-corrected chi connectivity index (χ3v) is 4.27. The van der Waals surface area contributed by atoms with E-state index in [2.05, 4.69) is 39.9 Å². The number of hydrogen-bond donors (Lipinski definition) is 1. The van der Waals surface area contributed by atoms with E-state index in [-0.39, 0.29) is 11.2 Å². The van der Waals surface area contributed by atoms with Crippen LogP contribution in [0.3, 0.4) is 0 Å². The third kappa shape index (κ3) is 2.89. The van der Waals surface area contributed by atoms with Crippen LogP contribution in [0.1, 0.15) is 47.5 Å². The first-order valence-electron chi connectivity index (χ1n) is 7.36. The third-order valence-electron chi connectivity index (χ3n) is 4.27. The van der Waals surface area contributed by atoms with Crippen molar-refractivity contribution >= 4 is 0 Å². The van der Waals surface area contributed by atoms with Crippen LogP contribution in [0, 0.1) is 11.8 Å². The maximum Gasteiger partial charge on any atom is 0.110 e. The number of ether oxygens (including phenoxy) is 2. The predicted molar refractivity (Wildman–Crippen MR) is 73.7 cm³/mol. The minimum Gasteiger partial charge on any atom is -0.372 e. The molecule has 0 aromatic heterocycles. The van der Waals surface area contributed by atoms with Crippen LogP contribution >= 0.6 is 0 Å². The summed E-state index contributed by atoms with van der Waals surface area (Å²) in [4.78, 5) is 0. The maximum absolute atomic E-state index is 6.19. The molecule has 3 unspecified atom stereocenters. The predicted octanol–water partition coefficient (Wildman–Crippen LogP) is 2.59. The molecule has 0 aromatic rings. The molecule has 0 bridgehead atoms. The molecule has 0 aliphatic carbocycles. The summed E-state index contributed by atoms with van der Waals surface area (Å²) in [7, 11) is 0. The van der Waals surface area contributed by atoms with E-state index < -0.39 is 0 Å². The summed E-state index contributed by atoms with van der Waals surface area (Å²) >= 11 is 0. The lowest BCUT2D eigenvalue weighted by Crippen LogP contribution is -2.61. The molecule has 0 amide bonds. The first kappa shape index (κ1) is 14.3. The van der Waals surface area contributed by atoms with Gasteiger partial charge in [-0.3, -0.25) is 0 Å². The standard InChI is InChI=1S/C15H29NO2/c1-11(2)8-12(3)13-15(17-7-6-16-13)9-14(4,5)18-10-15/h11-13,16H,6-10H2,1-5H3. The lowest BCUT2D eigenvalue weighted by atomic mass is 9.77. The second-order valence-electron chi connectivity index (χ2n) is 7.18. The number of morpholine rings is 1. The van der Waals surface area contributed by atoms with E-state index in [9.17, 15) is 0 Å². The van der Waals surface area contributed by atoms with Crippen LogP contribution in [-0.2, 0) is 9.47 Å². The molecular weight excluding hydrogens is 226 g/mol. The summed E-state index contributed by atoms with van der Waals surface area (Å²) in [6.07, 6.45) is 2.24. The highest BCUT2D eigenvalue weighted by Gasteiger charge is 2.53. The summed E-state index contributed by atoms with van der Waals surface area (Å²) in [5.41, 5.74) is -0.148. The molecule has 1 spiro atoms. The summed E-state index contributed by atoms with van der Waals surface area (Å²) in [6.45, 7) is 13.8. The monoisotopic (exact) mass is 255 g/mol. The van der Waals surface area contributed by atoms with Crippen molar-refractivity contribution < 1.29 is 9.47 Å². The van der Waals surface area contributed by atoms with Crippen LogP contribution in [0.4, 0.5) is 0 Å². The van der Waals surface area contributed by atoms with Crippen LogP contribution < -0.4 is 5.32 Å². The van der Waals surface area contributed by atoms with Gasteiger partial charge in [0, 0.05) is 19.0 Å². The van der Waals surface area contributed by atoms with Gasteiger partial charge in [-0.1, -0.05) is 20.8 Å². The van der Waals surface area contributed by atoms with E-state index in [1.807, 2.05) is 0 Å². The van der Waals surface area contributed by atoms with Crippen molar-refractivity contribution in [1.29, 1.82) is 0 Å². The summed E-state index contributed by atoms with van der Waals surface area (Å²) in [5, 5.41) is 3.69. The summed E-state index contributed by atoms with van der Waals surface area (Å²) in [6, 6.07) is 0.426. The van der Waals surface area contributed by atoms with Gasteiger partial charge in [-0.15, -0.1) is 0 Å². The van der Waals surface area contributed by atoms with Crippen LogP contribution in [0.25, 0.3) is 0 Å². The lowest BCUT2D eigenvalue weighted by molar-refractivity contribution is -0.111. The fourth-order valence-electron chi connectivity index (χ4n) is 3.78. The van der Waals surface area contributed by atoms with Crippen molar-refractivity contribution in [2.45, 2.75) is 64.7 Å². The zero-order valence-electron chi connectivity index (χ0n) is 12.6. The zero-order valence-corrected chi connectivity index (χ0v) is 12.6. The number of nitrogens with one attached hydrogen (secondary N) is 1. The minimum absolute atomic E-state index is 0.0468. The molecule has 1 N–H and O–H groups in total. The van der Waals surface area contributed by atoms with Crippen LogP contribution in [0.2, 0.25) is 0 Å². The van der Waals surface area contributed by atoms with Crippen molar-refractivity contribution in [2.75, 3.05) is 19.8 Å². The smallest absolute Gasteiger partial charge is 0.110 e. The SMILES string of the molecule is CC(C)CC(C)C1NCCOC12COC(C)(C)C2. The highest BCUT2D eigenvalue weighted by atomic mass is 16.6. The van der Waals surface area contributed by atoms with Gasteiger partial charge in [0.05, 0.1) is 18.8 Å². The molecule has 18 heavy (non-hydrogen) atoms. The molecule has 3 atom stereocenters. The van der Waals surface area contributed by atoms with E-state index in [4.69, 9.17) is 9.47 Å². The van der Waals surface area contributed by atoms with Gasteiger partial charge in [-0.05, 0) is 32.1 Å². The Morgan fingerprint density at radius 1 is 1.22 bits per heavy atom. The first-order chi connectivity index (χ1) is 8.35. The van der Waals surface area contributed by atoms with Crippen molar-refractivity contribution in [3.8, 4) is 0 Å². The van der Waals surface area contributed by atoms with Crippen LogP contribution in [0.15, 0.2) is 0 Å². The molecule has 106 valence electrons. The normalized spacial score (nSPS) is 37.3. The molecule has 0 radical (unpaired) electrons. The van der Waals surface area contributed by atoms with E-state index in [1.165, 1.54) is 6.42 Å². The average molecular weight is 255 g/mol. The Kier molecular flexibility index (Phi) is 4.05. The summed E-state index contributed by atoms with van der Waals surface area (Å²) in [5.74, 6) is 1.36. The highest BCUT2D eigenvalue weighted by Crippen LogP contribution is 2.41. The van der Waals surface area contributed by atoms with Crippen molar-refractivity contribution in [1.82, 2.24) is 5.32 Å². The van der Waals surface area contributed by atoms with Crippen LogP contribution in [-0.4, -0.2) is 37.0 Å². The largest absolute Gasteiger partial charge is 0.372 e. The highest BCUT2D eigenvalue weighted by molar-refractivity contribution is 5.05. The lowest BCUT2D eigenvalue weighted by Gasteiger charge is -2.44. The zero-order chi connectivity index (χ0) is 13.4. The van der Waals surface area contributed by atoms with Gasteiger partial charge in [0.2, 0.25) is 0 Å². The molecule has 2 aliphatic heterocycles. The van der Waals surface area contributed by atoms with E-state index in [0.29, 0.717) is 12.0 Å². The molecule has 3 heteroatoms. The Balaban J connectivity index is 2.11. The topological polar surface area (TPSA) is 30.5 Å². The molecular formula is C15H29NO2. The van der Waals surface area contributed by atoms with Gasteiger partial charge >= 0.3 is 0 Å². The Bertz CT molecular complexity index is 290. The van der Waals surface area contributed by atoms with E-state index in [1.54, 1.807) is 0 Å². The minimum atomic E-state index is -0.101. The molecule has 2 aliphatic rings. The van der Waals surface area contributed by atoms with Crippen molar-refractivity contribution in [2.24, 2.45) is 11.8 Å². The second-order valence-corrected chi connectivity index (χ2v) is 7.18. The van der Waals surface area contributed by atoms with Crippen molar-refractivity contribution in [3.63, 3.8) is 0 Å². The van der Waals surface area contributed by atoms with Gasteiger partial charge in [0.1, 0.15) is 5.60 Å². The van der Waals surface area contributed by atoms with Crippen LogP contribution in [0.5, 0.6) is 0 Å². The Morgan fingerprint density at radius 3 is 2.50 bits per heavy atom. The number of rotatable bonds is 3. The van der Waals surface area contributed by atoms with Crippen molar-refractivity contribution in [3.05, 3.63) is 0 Å². The van der Waals surface area contributed by atoms with E-state index in [0.717, 1.165) is 32.1 Å². The molecule has 0 saturated carbocycles. The molecule has 2 saturated heterocycles. The Labute approximate surface area is 112 Å². The first-order valence-corrected chi connectivity index (χ1v) is 7.36. The quantitative estimate of drug-likeness (QED) is 0.841. The Hall–Kier alpha value is -0.120. The van der Waals surface area contributed by atoms with Gasteiger partial charge in [0.15, 0.2) is 0 Å². The fraction of sp³-hybridized carbons (Fsp3) is 1.00. The van der Waals surface area contributed by atoms with Gasteiger partial charge in [-0.25, -0.2) is 0 Å². The van der Waals surface area contributed by atoms with Gasteiger partial charge in [-0.2, -0.15) is 0 Å². The average Bonchev–Trinajstić information content (AvgIpc) is 2.54. The summed E-state index contributed by atoms with van der Waals surface area (Å²) < 4.78 is 12.1. The fourth-order valence-corrected chi connectivity index (χ4v) is 3.78. The molecule has 2 fully saturated rings. The van der Waals surface area contributed by atoms with E-state index >= 15 is 0 Å². The second kappa shape index (κ2) is 5.10.